The fourth-order valence-electron chi connectivity index (χ4n) is 14.4. The van der Waals surface area contributed by atoms with E-state index in [1.165, 1.54) is 18.7 Å². The number of aliphatic carboxylic acids is 1. The standard InChI is InChI=1S/C87H158N22O21/c1-19-52(16)71(85(127)95-53(17)72(114)94-54(18)73(115)98-55(27-20-23-31-88)74(116)107-70(51(14)15)84(126)93-43-69(113)97-65(44-110)82(124)104-63(41-67(92)111)81(123)103-61(38-48(8)9)80(122)106-64(87(129)130)40-50(12)13)108-75(117)56(28-21-24-32-89)99-77(119)59(36-46(4)5)102-79(121)62(39-49(10)11)105-83(125)66-30-26-34-109(66)86(128)57(29-22-25-33-90)100-78(120)60(37-47(6)7)101-76(118)58(35-45(2)3)96-68(112)42-91/h45-66,70-71,110H,19-44,88-91H2,1-18H3,(H2,92,111)(H,93,126)(H,94,114)(H,95,127)(H,96,112)(H,97,113)(H,98,115)(H,99,119)(H,100,120)(H,101,118)(H,102,121)(H,103,123)(H,104,124)(H,105,125)(H,106,122)(H,107,116)(H,108,117)(H,129,130)/t52-,53-,54-,55-,56-,57-,58-,59-,60-,61-,62-,63-,64-,65-,66-,70-,71-/m0/s1. The Morgan fingerprint density at radius 1 is 0.354 bits per heavy atom. The molecule has 130 heavy (non-hydrogen) atoms. The Bertz CT molecular complexity index is 3700. The minimum atomic E-state index is -1.81. The maximum Gasteiger partial charge on any atom is 0.326 e. The van der Waals surface area contributed by atoms with Gasteiger partial charge in [-0.3, -0.25) is 86.3 Å². The molecular formula is C87H158N22O21. The summed E-state index contributed by atoms with van der Waals surface area (Å²) in [6, 6.07) is -21.3. The fourth-order valence-corrected chi connectivity index (χ4v) is 14.4. The van der Waals surface area contributed by atoms with Crippen molar-refractivity contribution in [2.75, 3.05) is 45.9 Å². The summed E-state index contributed by atoms with van der Waals surface area (Å²) < 4.78 is 0. The molecule has 0 aromatic carbocycles. The van der Waals surface area contributed by atoms with Gasteiger partial charge in [-0.25, -0.2) is 4.79 Å². The Labute approximate surface area is 765 Å². The molecule has 0 aromatic heterocycles. The predicted molar refractivity (Wildman–Crippen MR) is 485 cm³/mol. The summed E-state index contributed by atoms with van der Waals surface area (Å²) in [5.74, 6) is -18.5. The molecule has 1 fully saturated rings. The molecule has 0 saturated carbocycles. The zero-order valence-corrected chi connectivity index (χ0v) is 79.7. The van der Waals surface area contributed by atoms with Crippen LogP contribution in [0.2, 0.25) is 0 Å². The number of hydrogen-bond acceptors (Lipinski definition) is 24. The van der Waals surface area contributed by atoms with Gasteiger partial charge in [0.1, 0.15) is 96.7 Å². The first-order chi connectivity index (χ1) is 60.9. The smallest absolute Gasteiger partial charge is 0.326 e. The number of carboxylic acids is 1. The number of nitrogens with zero attached hydrogens (tertiary/aromatic N) is 1. The molecule has 1 rings (SSSR count). The molecule has 0 spiro atoms. The SMILES string of the molecule is CC[C@H](C)[C@H](NC(=O)[C@H](CCCCN)NC(=O)[C@H](CC(C)C)NC(=O)[C@H](CC(C)C)NC(=O)[C@@H]1CCCN1C(=O)[C@H](CCCCN)NC(=O)[C@H](CC(C)C)NC(=O)[C@H](CC(C)C)NC(=O)CN)C(=O)N[C@@H](C)C(=O)N[C@@H](C)C(=O)N[C@@H](CCCCN)C(=O)N[C@H](C(=O)NCC(=O)N[C@@H](CO)C(=O)N[C@@H](CC(N)=O)C(=O)N[C@@H](CC(C)C)C(=O)N[C@@H](CC(C)C)C(=O)O)C(C)C. The van der Waals surface area contributed by atoms with E-state index in [-0.39, 0.29) is 139 Å². The van der Waals surface area contributed by atoms with Crippen LogP contribution in [0.5, 0.6) is 0 Å². The van der Waals surface area contributed by atoms with Crippen molar-refractivity contribution in [3.63, 3.8) is 0 Å². The van der Waals surface area contributed by atoms with Gasteiger partial charge in [0.25, 0.3) is 0 Å². The Kier molecular flexibility index (Phi) is 55.6. The monoisotopic (exact) mass is 1850 g/mol. The van der Waals surface area contributed by atoms with Gasteiger partial charge in [-0.05, 0) is 190 Å². The first kappa shape index (κ1) is 118. The molecule has 0 aromatic rings. The first-order valence-electron chi connectivity index (χ1n) is 45.9. The summed E-state index contributed by atoms with van der Waals surface area (Å²) in [6.07, 6.45) is 3.15. The van der Waals surface area contributed by atoms with E-state index in [1.54, 1.807) is 55.4 Å². The third-order valence-corrected chi connectivity index (χ3v) is 21.6. The lowest BCUT2D eigenvalue weighted by Gasteiger charge is -2.32. The van der Waals surface area contributed by atoms with Gasteiger partial charge < -0.3 is 129 Å². The molecule has 1 aliphatic heterocycles. The van der Waals surface area contributed by atoms with Crippen molar-refractivity contribution >= 4 is 112 Å². The lowest BCUT2D eigenvalue weighted by molar-refractivity contribution is -0.143. The van der Waals surface area contributed by atoms with E-state index in [9.17, 15) is 101 Å². The van der Waals surface area contributed by atoms with Gasteiger partial charge in [0, 0.05) is 6.54 Å². The van der Waals surface area contributed by atoms with Crippen molar-refractivity contribution in [2.24, 2.45) is 76.0 Å². The second-order valence-corrected chi connectivity index (χ2v) is 36.8. The van der Waals surface area contributed by atoms with Crippen LogP contribution in [0.25, 0.3) is 0 Å². The third kappa shape index (κ3) is 44.6. The average molecular weight is 1850 g/mol. The Morgan fingerprint density at radius 3 is 1.08 bits per heavy atom. The van der Waals surface area contributed by atoms with Crippen LogP contribution in [-0.2, 0) is 91.1 Å². The molecule has 0 bridgehead atoms. The highest BCUT2D eigenvalue weighted by atomic mass is 16.4. The zero-order valence-electron chi connectivity index (χ0n) is 79.7. The number of aliphatic hydroxyl groups is 1. The lowest BCUT2D eigenvalue weighted by Crippen LogP contribution is -2.61. The van der Waals surface area contributed by atoms with Crippen molar-refractivity contribution < 1.29 is 101 Å². The Hall–Kier alpha value is -10.3. The molecule has 1 saturated heterocycles. The van der Waals surface area contributed by atoms with Crippen LogP contribution < -0.4 is 114 Å². The number of nitrogens with two attached hydrogens (primary N) is 5. The summed E-state index contributed by atoms with van der Waals surface area (Å²) in [6.45, 7) is 29.4. The van der Waals surface area contributed by atoms with Crippen LogP contribution in [0.15, 0.2) is 0 Å². The van der Waals surface area contributed by atoms with Crippen molar-refractivity contribution in [3.05, 3.63) is 0 Å². The van der Waals surface area contributed by atoms with Crippen molar-refractivity contribution in [2.45, 2.75) is 343 Å². The van der Waals surface area contributed by atoms with E-state index >= 15 is 0 Å². The molecule has 1 heterocycles. The number of nitrogens with one attached hydrogen (secondary N) is 16. The van der Waals surface area contributed by atoms with E-state index in [2.05, 4.69) is 85.1 Å². The van der Waals surface area contributed by atoms with Crippen LogP contribution >= 0.6 is 0 Å². The van der Waals surface area contributed by atoms with Crippen LogP contribution in [0, 0.1) is 47.3 Å². The molecule has 28 N–H and O–H groups in total. The van der Waals surface area contributed by atoms with E-state index in [4.69, 9.17) is 28.7 Å². The number of hydrogen-bond donors (Lipinski definition) is 23. The summed E-state index contributed by atoms with van der Waals surface area (Å²) in [4.78, 5) is 263. The number of carbonyl (C=O) groups excluding carboxylic acids is 18. The highest BCUT2D eigenvalue weighted by Crippen LogP contribution is 2.23. The molecule has 43 heteroatoms. The average Bonchev–Trinajstić information content (AvgIpc) is 1.69. The summed E-state index contributed by atoms with van der Waals surface area (Å²) in [7, 11) is 0. The Morgan fingerprint density at radius 2 is 0.685 bits per heavy atom. The van der Waals surface area contributed by atoms with Gasteiger partial charge in [0.2, 0.25) is 106 Å². The summed E-state index contributed by atoms with van der Waals surface area (Å²) in [5, 5.41) is 61.3. The van der Waals surface area contributed by atoms with Gasteiger partial charge in [0.05, 0.1) is 26.1 Å². The normalized spacial score (nSPS) is 16.4. The topological polar surface area (TPSA) is 691 Å². The van der Waals surface area contributed by atoms with Crippen molar-refractivity contribution in [1.82, 2.24) is 90.0 Å². The van der Waals surface area contributed by atoms with Crippen molar-refractivity contribution in [1.29, 1.82) is 0 Å². The van der Waals surface area contributed by atoms with Gasteiger partial charge in [-0.2, -0.15) is 0 Å². The van der Waals surface area contributed by atoms with E-state index in [1.807, 2.05) is 55.4 Å². The minimum absolute atomic E-state index is 0.00193. The Balaban J connectivity index is 3.41. The van der Waals surface area contributed by atoms with Crippen LogP contribution in [0.1, 0.15) is 247 Å². The number of likely N-dealkylation sites (tertiary alicyclic amines) is 1. The first-order valence-corrected chi connectivity index (χ1v) is 45.9. The zero-order chi connectivity index (χ0) is 99.1. The molecule has 1 aliphatic rings. The van der Waals surface area contributed by atoms with Gasteiger partial charge >= 0.3 is 5.97 Å². The summed E-state index contributed by atoms with van der Waals surface area (Å²) in [5.41, 5.74) is 28.5. The third-order valence-electron chi connectivity index (χ3n) is 21.6. The highest BCUT2D eigenvalue weighted by molar-refractivity contribution is 6.02. The minimum Gasteiger partial charge on any atom is -0.480 e. The maximum absolute atomic E-state index is 14.8. The molecule has 17 atom stereocenters. The molecular weight excluding hydrogens is 1690 g/mol. The van der Waals surface area contributed by atoms with Crippen molar-refractivity contribution in [3.8, 4) is 0 Å². The molecule has 18 amide bonds. The maximum atomic E-state index is 14.8. The van der Waals surface area contributed by atoms with E-state index in [0.29, 0.717) is 44.9 Å². The number of carbonyl (C=O) groups is 19. The number of carboxylic acid groups (broad SMARTS) is 1. The number of primary amides is 1. The number of unbranched alkanes of at least 4 members (excludes halogenated alkanes) is 3. The quantitative estimate of drug-likeness (QED) is 0.0265. The van der Waals surface area contributed by atoms with Crippen LogP contribution in [0.3, 0.4) is 0 Å². The number of aliphatic hydroxyl groups excluding tert-OH is 1. The molecule has 43 nitrogen and oxygen atoms in total. The number of amides is 18. The second kappa shape index (κ2) is 61.4. The summed E-state index contributed by atoms with van der Waals surface area (Å²) >= 11 is 0. The molecule has 0 unspecified atom stereocenters. The molecule has 0 aliphatic carbocycles. The van der Waals surface area contributed by atoms with E-state index < -0.39 is 240 Å². The van der Waals surface area contributed by atoms with E-state index in [0.717, 1.165) is 0 Å². The van der Waals surface area contributed by atoms with Crippen LogP contribution in [0.4, 0.5) is 0 Å². The number of rotatable bonds is 64. The van der Waals surface area contributed by atoms with Crippen LogP contribution in [-0.4, -0.2) is 270 Å². The molecule has 742 valence electrons. The second-order valence-electron chi connectivity index (χ2n) is 36.8. The molecule has 0 radical (unpaired) electrons. The predicted octanol–water partition coefficient (Wildman–Crippen LogP) is -3.32. The largest absolute Gasteiger partial charge is 0.480 e. The lowest BCUT2D eigenvalue weighted by atomic mass is 9.96. The van der Waals surface area contributed by atoms with Gasteiger partial charge in [-0.15, -0.1) is 0 Å². The fraction of sp³-hybridized carbons (Fsp3) is 0.782. The van der Waals surface area contributed by atoms with Gasteiger partial charge in [0.15, 0.2) is 0 Å². The highest BCUT2D eigenvalue weighted by Gasteiger charge is 2.43. The van der Waals surface area contributed by atoms with Gasteiger partial charge in [-0.1, -0.05) is 117 Å².